The molecular formula is C24H34O2. The molecule has 2 rings (SSSR count). The van der Waals surface area contributed by atoms with Gasteiger partial charge < -0.3 is 9.47 Å². The highest BCUT2D eigenvalue weighted by Gasteiger charge is 2.03. The zero-order valence-electron chi connectivity index (χ0n) is 16.3. The number of hydrogen-bond acceptors (Lipinski definition) is 2. The van der Waals surface area contributed by atoms with Crippen LogP contribution in [0, 0.1) is 0 Å². The minimum atomic E-state index is 0.723. The van der Waals surface area contributed by atoms with Crippen molar-refractivity contribution in [3.63, 3.8) is 0 Å². The first-order valence-corrected chi connectivity index (χ1v) is 10.2. The van der Waals surface area contributed by atoms with Crippen molar-refractivity contribution in [2.75, 3.05) is 26.4 Å². The first kappa shape index (κ1) is 20.7. The van der Waals surface area contributed by atoms with Gasteiger partial charge >= 0.3 is 0 Å². The second kappa shape index (κ2) is 13.5. The second-order valence-electron chi connectivity index (χ2n) is 6.70. The van der Waals surface area contributed by atoms with Gasteiger partial charge in [0.15, 0.2) is 0 Å². The van der Waals surface area contributed by atoms with E-state index in [1.54, 1.807) is 0 Å². The molecule has 2 aromatic carbocycles. The SMILES string of the molecule is CCOCCOCCCCCCCCc1ccccc1-c1ccccc1. The van der Waals surface area contributed by atoms with E-state index < -0.39 is 0 Å². The lowest BCUT2D eigenvalue weighted by atomic mass is 9.95. The fourth-order valence-electron chi connectivity index (χ4n) is 3.23. The summed E-state index contributed by atoms with van der Waals surface area (Å²) in [5.74, 6) is 0. The molecule has 0 aliphatic carbocycles. The van der Waals surface area contributed by atoms with Gasteiger partial charge in [-0.25, -0.2) is 0 Å². The van der Waals surface area contributed by atoms with Crippen LogP contribution in [-0.4, -0.2) is 26.4 Å². The summed E-state index contributed by atoms with van der Waals surface area (Å²) in [5, 5.41) is 0. The van der Waals surface area contributed by atoms with Crippen LogP contribution < -0.4 is 0 Å². The van der Waals surface area contributed by atoms with Crippen LogP contribution in [0.1, 0.15) is 51.0 Å². The summed E-state index contributed by atoms with van der Waals surface area (Å²) in [6, 6.07) is 19.5. The van der Waals surface area contributed by atoms with Gasteiger partial charge in [-0.3, -0.25) is 0 Å². The maximum atomic E-state index is 5.55. The van der Waals surface area contributed by atoms with Crippen molar-refractivity contribution in [3.8, 4) is 11.1 Å². The fraction of sp³-hybridized carbons (Fsp3) is 0.500. The van der Waals surface area contributed by atoms with Crippen molar-refractivity contribution in [1.29, 1.82) is 0 Å². The number of aryl methyl sites for hydroxylation is 1. The van der Waals surface area contributed by atoms with E-state index >= 15 is 0 Å². The largest absolute Gasteiger partial charge is 0.379 e. The molecule has 0 saturated carbocycles. The van der Waals surface area contributed by atoms with Crippen LogP contribution in [0.4, 0.5) is 0 Å². The van der Waals surface area contributed by atoms with E-state index in [1.165, 1.54) is 61.6 Å². The summed E-state index contributed by atoms with van der Waals surface area (Å²) in [4.78, 5) is 0. The highest BCUT2D eigenvalue weighted by molar-refractivity contribution is 5.67. The van der Waals surface area contributed by atoms with Gasteiger partial charge in [0.05, 0.1) is 13.2 Å². The van der Waals surface area contributed by atoms with Crippen molar-refractivity contribution in [1.82, 2.24) is 0 Å². The Morgan fingerprint density at radius 1 is 0.615 bits per heavy atom. The number of benzene rings is 2. The van der Waals surface area contributed by atoms with Gasteiger partial charge in [-0.1, -0.05) is 80.3 Å². The second-order valence-corrected chi connectivity index (χ2v) is 6.70. The first-order valence-electron chi connectivity index (χ1n) is 10.2. The van der Waals surface area contributed by atoms with Gasteiger partial charge in [0.2, 0.25) is 0 Å². The van der Waals surface area contributed by atoms with E-state index in [-0.39, 0.29) is 0 Å². The van der Waals surface area contributed by atoms with E-state index in [4.69, 9.17) is 9.47 Å². The summed E-state index contributed by atoms with van der Waals surface area (Å²) >= 11 is 0. The topological polar surface area (TPSA) is 18.5 Å². The Morgan fingerprint density at radius 2 is 1.27 bits per heavy atom. The first-order chi connectivity index (χ1) is 12.9. The van der Waals surface area contributed by atoms with Crippen LogP contribution in [0.2, 0.25) is 0 Å². The Hall–Kier alpha value is -1.64. The molecule has 0 spiro atoms. The minimum absolute atomic E-state index is 0.723. The zero-order chi connectivity index (χ0) is 18.3. The highest BCUT2D eigenvalue weighted by atomic mass is 16.5. The molecule has 142 valence electrons. The van der Waals surface area contributed by atoms with Gasteiger partial charge in [0.25, 0.3) is 0 Å². The third-order valence-electron chi connectivity index (χ3n) is 4.66. The van der Waals surface area contributed by atoms with Crippen LogP contribution in [0.5, 0.6) is 0 Å². The Bertz CT molecular complexity index is 580. The van der Waals surface area contributed by atoms with E-state index in [0.29, 0.717) is 0 Å². The third-order valence-corrected chi connectivity index (χ3v) is 4.66. The number of rotatable bonds is 14. The molecule has 0 heterocycles. The summed E-state index contributed by atoms with van der Waals surface area (Å²) in [6.07, 6.45) is 8.84. The normalized spacial score (nSPS) is 11.0. The molecule has 0 saturated heterocycles. The molecule has 0 aromatic heterocycles. The van der Waals surface area contributed by atoms with E-state index in [9.17, 15) is 0 Å². The number of unbranched alkanes of at least 4 members (excludes halogenated alkanes) is 5. The third kappa shape index (κ3) is 8.16. The molecule has 0 bridgehead atoms. The van der Waals surface area contributed by atoms with Crippen molar-refractivity contribution in [2.24, 2.45) is 0 Å². The maximum Gasteiger partial charge on any atom is 0.0700 e. The summed E-state index contributed by atoms with van der Waals surface area (Å²) < 4.78 is 10.8. The molecule has 0 amide bonds. The predicted octanol–water partition coefficient (Wildman–Crippen LogP) is 6.29. The molecule has 2 aromatic rings. The molecular weight excluding hydrogens is 320 g/mol. The van der Waals surface area contributed by atoms with E-state index in [0.717, 1.165) is 26.4 Å². The molecule has 2 nitrogen and oxygen atoms in total. The molecule has 0 radical (unpaired) electrons. The summed E-state index contributed by atoms with van der Waals surface area (Å²) in [6.45, 7) is 5.12. The minimum Gasteiger partial charge on any atom is -0.379 e. The lowest BCUT2D eigenvalue weighted by Gasteiger charge is -2.10. The van der Waals surface area contributed by atoms with Gasteiger partial charge in [0.1, 0.15) is 0 Å². The van der Waals surface area contributed by atoms with Crippen molar-refractivity contribution < 1.29 is 9.47 Å². The average Bonchev–Trinajstić information content (AvgIpc) is 2.70. The fourth-order valence-corrected chi connectivity index (χ4v) is 3.23. The quantitative estimate of drug-likeness (QED) is 0.371. The van der Waals surface area contributed by atoms with E-state index in [1.807, 2.05) is 6.92 Å². The number of ether oxygens (including phenoxy) is 2. The monoisotopic (exact) mass is 354 g/mol. The highest BCUT2D eigenvalue weighted by Crippen LogP contribution is 2.25. The van der Waals surface area contributed by atoms with Crippen LogP contribution >= 0.6 is 0 Å². The molecule has 0 atom stereocenters. The predicted molar refractivity (Wildman–Crippen MR) is 111 cm³/mol. The van der Waals surface area contributed by atoms with Gasteiger partial charge in [0, 0.05) is 13.2 Å². The Labute approximate surface area is 159 Å². The Balaban J connectivity index is 1.56. The molecule has 26 heavy (non-hydrogen) atoms. The standard InChI is InChI=1S/C24H34O2/c1-2-25-20-21-26-19-13-6-4-3-5-8-14-23-17-11-12-18-24(23)22-15-9-7-10-16-22/h7,9-12,15-18H,2-6,8,13-14,19-21H2,1H3. The molecule has 0 N–H and O–H groups in total. The van der Waals surface area contributed by atoms with Gasteiger partial charge in [-0.05, 0) is 42.9 Å². The van der Waals surface area contributed by atoms with Gasteiger partial charge in [-0.15, -0.1) is 0 Å². The van der Waals surface area contributed by atoms with Gasteiger partial charge in [-0.2, -0.15) is 0 Å². The van der Waals surface area contributed by atoms with Crippen LogP contribution in [-0.2, 0) is 15.9 Å². The number of hydrogen-bond donors (Lipinski definition) is 0. The molecule has 0 aliphatic rings. The molecule has 0 aliphatic heterocycles. The zero-order valence-corrected chi connectivity index (χ0v) is 16.3. The lowest BCUT2D eigenvalue weighted by molar-refractivity contribution is 0.0512. The molecule has 0 fully saturated rings. The Morgan fingerprint density at radius 3 is 2.08 bits per heavy atom. The maximum absolute atomic E-state index is 5.55. The van der Waals surface area contributed by atoms with E-state index in [2.05, 4.69) is 54.6 Å². The van der Waals surface area contributed by atoms with Crippen molar-refractivity contribution in [3.05, 3.63) is 60.2 Å². The van der Waals surface area contributed by atoms with Crippen LogP contribution in [0.3, 0.4) is 0 Å². The smallest absolute Gasteiger partial charge is 0.0700 e. The van der Waals surface area contributed by atoms with Crippen LogP contribution in [0.15, 0.2) is 54.6 Å². The van der Waals surface area contributed by atoms with Crippen molar-refractivity contribution in [2.45, 2.75) is 51.9 Å². The summed E-state index contributed by atoms with van der Waals surface area (Å²) in [7, 11) is 0. The summed E-state index contributed by atoms with van der Waals surface area (Å²) in [5.41, 5.74) is 4.19. The van der Waals surface area contributed by atoms with Crippen molar-refractivity contribution >= 4 is 0 Å². The molecule has 2 heteroatoms. The Kier molecular flexibility index (Phi) is 10.8. The average molecular weight is 355 g/mol. The lowest BCUT2D eigenvalue weighted by Crippen LogP contribution is -2.04. The van der Waals surface area contributed by atoms with Crippen LogP contribution in [0.25, 0.3) is 11.1 Å². The molecule has 0 unspecified atom stereocenters.